The minimum absolute atomic E-state index is 0.0721. The number of aliphatic imine (C=N–C) groups is 1. The number of thiol groups is 1. The number of fused-ring (bicyclic) bond motifs is 5. The van der Waals surface area contributed by atoms with Crippen molar-refractivity contribution in [3.8, 4) is 0 Å². The summed E-state index contributed by atoms with van der Waals surface area (Å²) in [7, 11) is 0. The molecule has 4 aliphatic rings. The van der Waals surface area contributed by atoms with E-state index in [1.807, 2.05) is 42.6 Å². The minimum Gasteiger partial charge on any atom is -0.465 e. The number of carbonyl (C=O) groups is 1. The minimum atomic E-state index is -0.883. The van der Waals surface area contributed by atoms with Crippen molar-refractivity contribution in [1.82, 2.24) is 25.1 Å². The number of nitrogens with one attached hydrogen (secondary N) is 2. The van der Waals surface area contributed by atoms with E-state index in [2.05, 4.69) is 25.9 Å². The summed E-state index contributed by atoms with van der Waals surface area (Å²) >= 11 is 1.19. The molecule has 3 unspecified atom stereocenters. The van der Waals surface area contributed by atoms with E-state index >= 15 is 0 Å². The lowest BCUT2D eigenvalue weighted by molar-refractivity contribution is 0.121. The first-order chi connectivity index (χ1) is 19.1. The lowest BCUT2D eigenvalue weighted by Crippen LogP contribution is -2.51. The van der Waals surface area contributed by atoms with Crippen LogP contribution in [0.5, 0.6) is 0 Å². The van der Waals surface area contributed by atoms with Crippen molar-refractivity contribution >= 4 is 40.4 Å². The van der Waals surface area contributed by atoms with Crippen LogP contribution in [0.25, 0.3) is 5.57 Å². The largest absolute Gasteiger partial charge is 0.465 e. The first kappa shape index (κ1) is 25.8. The highest BCUT2D eigenvalue weighted by atomic mass is 32.1. The van der Waals surface area contributed by atoms with Crippen LogP contribution in [0.3, 0.4) is 0 Å². The molecule has 4 aliphatic heterocycles. The van der Waals surface area contributed by atoms with Gasteiger partial charge in [0, 0.05) is 62.3 Å². The van der Waals surface area contributed by atoms with Crippen LogP contribution in [-0.2, 0) is 6.54 Å². The second kappa shape index (κ2) is 11.7. The van der Waals surface area contributed by atoms with Gasteiger partial charge in [0.1, 0.15) is 11.6 Å². The van der Waals surface area contributed by atoms with Gasteiger partial charge in [0.2, 0.25) is 0 Å². The highest BCUT2D eigenvalue weighted by Gasteiger charge is 2.35. The number of amides is 1. The summed E-state index contributed by atoms with van der Waals surface area (Å²) in [4.78, 5) is 31.5. The van der Waals surface area contributed by atoms with Gasteiger partial charge in [-0.25, -0.2) is 14.8 Å². The van der Waals surface area contributed by atoms with Crippen LogP contribution in [-0.4, -0.2) is 80.8 Å². The normalized spacial score (nSPS) is 25.5. The molecular formula is C29H35N7O2S. The molecule has 3 atom stereocenters. The van der Waals surface area contributed by atoms with Crippen molar-refractivity contribution in [2.45, 2.75) is 44.3 Å². The van der Waals surface area contributed by atoms with Crippen LogP contribution >= 0.6 is 11.4 Å². The Morgan fingerprint density at radius 3 is 2.87 bits per heavy atom. The zero-order chi connectivity index (χ0) is 26.6. The van der Waals surface area contributed by atoms with Crippen molar-refractivity contribution in [3.63, 3.8) is 0 Å². The SMILES string of the molecule is O=C(O)N1CC=C(c2ccncc2)CC1C1CCC2CCN(C2)C2=C(CNCc3cccc(n3)N1)[SH]=CC=N2. The van der Waals surface area contributed by atoms with E-state index in [-0.39, 0.29) is 12.1 Å². The number of anilines is 1. The molecular weight excluding hydrogens is 510 g/mol. The summed E-state index contributed by atoms with van der Waals surface area (Å²) in [5, 5.41) is 19.5. The van der Waals surface area contributed by atoms with Gasteiger partial charge < -0.3 is 20.6 Å². The van der Waals surface area contributed by atoms with Crippen molar-refractivity contribution < 1.29 is 9.90 Å². The van der Waals surface area contributed by atoms with Gasteiger partial charge in [-0.1, -0.05) is 12.1 Å². The third-order valence-corrected chi connectivity index (χ3v) is 9.04. The second-order valence-electron chi connectivity index (χ2n) is 10.5. The average molecular weight is 546 g/mol. The van der Waals surface area contributed by atoms with Crippen molar-refractivity contribution in [3.05, 3.63) is 70.8 Å². The van der Waals surface area contributed by atoms with Gasteiger partial charge in [0.25, 0.3) is 0 Å². The molecule has 1 amide bonds. The molecule has 0 spiro atoms. The molecule has 4 bridgehead atoms. The van der Waals surface area contributed by atoms with E-state index in [0.717, 1.165) is 61.8 Å². The van der Waals surface area contributed by atoms with Gasteiger partial charge in [-0.3, -0.25) is 9.88 Å². The first-order valence-electron chi connectivity index (χ1n) is 13.7. The van der Waals surface area contributed by atoms with E-state index in [0.29, 0.717) is 25.4 Å². The highest BCUT2D eigenvalue weighted by Crippen LogP contribution is 2.33. The lowest BCUT2D eigenvalue weighted by Gasteiger charge is -2.39. The molecule has 2 aromatic heterocycles. The van der Waals surface area contributed by atoms with Gasteiger partial charge in [0.15, 0.2) is 0 Å². The van der Waals surface area contributed by atoms with Gasteiger partial charge in [-0.2, -0.15) is 11.4 Å². The first-order valence-corrected chi connectivity index (χ1v) is 14.7. The number of pyridine rings is 2. The lowest BCUT2D eigenvalue weighted by atomic mass is 9.87. The van der Waals surface area contributed by atoms with Crippen molar-refractivity contribution in [1.29, 1.82) is 0 Å². The molecule has 6 heterocycles. The predicted molar refractivity (Wildman–Crippen MR) is 158 cm³/mol. The molecule has 6 rings (SSSR count). The predicted octanol–water partition coefficient (Wildman–Crippen LogP) is 3.82. The number of hydrogen-bond donors (Lipinski definition) is 4. The number of aromatic nitrogens is 2. The zero-order valence-corrected chi connectivity index (χ0v) is 22.8. The third kappa shape index (κ3) is 5.91. The Bertz CT molecular complexity index is 1330. The molecule has 1 saturated heterocycles. The van der Waals surface area contributed by atoms with Crippen molar-refractivity contribution in [2.24, 2.45) is 10.9 Å². The molecule has 3 N–H and O–H groups in total. The summed E-state index contributed by atoms with van der Waals surface area (Å²) in [6.07, 6.45) is 10.3. The molecule has 0 saturated carbocycles. The number of carboxylic acid groups (broad SMARTS) is 1. The van der Waals surface area contributed by atoms with E-state index in [1.165, 1.54) is 21.8 Å². The van der Waals surface area contributed by atoms with Crippen LogP contribution in [0.2, 0.25) is 0 Å². The second-order valence-corrected chi connectivity index (χ2v) is 11.6. The maximum atomic E-state index is 12.4. The van der Waals surface area contributed by atoms with E-state index < -0.39 is 6.09 Å². The van der Waals surface area contributed by atoms with Crippen molar-refractivity contribution in [2.75, 3.05) is 31.5 Å². The third-order valence-electron chi connectivity index (χ3n) is 8.09. The van der Waals surface area contributed by atoms with Crippen LogP contribution in [0.15, 0.2) is 64.5 Å². The van der Waals surface area contributed by atoms with E-state index in [1.54, 1.807) is 17.3 Å². The fraction of sp³-hybridized carbons (Fsp3) is 0.414. The molecule has 0 radical (unpaired) electrons. The van der Waals surface area contributed by atoms with E-state index in [4.69, 9.17) is 9.98 Å². The summed E-state index contributed by atoms with van der Waals surface area (Å²) < 4.78 is 0. The Kier molecular flexibility index (Phi) is 7.74. The van der Waals surface area contributed by atoms with E-state index in [9.17, 15) is 9.90 Å². The number of rotatable bonds is 2. The molecule has 204 valence electrons. The summed E-state index contributed by atoms with van der Waals surface area (Å²) in [6, 6.07) is 9.77. The molecule has 0 aromatic carbocycles. The molecule has 0 aliphatic carbocycles. The Hall–Kier alpha value is -3.50. The highest BCUT2D eigenvalue weighted by molar-refractivity contribution is 8.02. The standard InChI is InChI=1S/C29H35N7O2S/c37-29(38)36-14-9-22(21-6-10-30-11-7-21)16-25(36)24-5-4-20-8-13-35(19-20)28-26(39-15-12-32-28)18-31-17-23-2-1-3-27(33-23)34-24/h1-3,6-7,9-12,15,20,24-25,31,39H,4-5,8,13-14,16-19H2,(H,33,34)(H,37,38). The van der Waals surface area contributed by atoms with Crippen LogP contribution in [0, 0.1) is 5.92 Å². The average Bonchev–Trinajstić information content (AvgIpc) is 3.44. The topological polar surface area (TPSA) is 106 Å². The molecule has 10 heteroatoms. The Labute approximate surface area is 232 Å². The van der Waals surface area contributed by atoms with Crippen LogP contribution in [0.4, 0.5) is 10.6 Å². The number of hydrogen-bond acceptors (Lipinski definition) is 7. The molecule has 9 nitrogen and oxygen atoms in total. The Morgan fingerprint density at radius 2 is 2.00 bits per heavy atom. The Morgan fingerprint density at radius 1 is 1.10 bits per heavy atom. The number of nitrogens with zero attached hydrogens (tertiary/aromatic N) is 5. The van der Waals surface area contributed by atoms with Gasteiger partial charge in [-0.05, 0) is 72.4 Å². The summed E-state index contributed by atoms with van der Waals surface area (Å²) in [6.45, 7) is 3.79. The monoisotopic (exact) mass is 545 g/mol. The van der Waals surface area contributed by atoms with Crippen LogP contribution < -0.4 is 10.6 Å². The van der Waals surface area contributed by atoms with Gasteiger partial charge in [0.05, 0.1) is 11.7 Å². The molecule has 1 fully saturated rings. The quantitative estimate of drug-likeness (QED) is 0.336. The summed E-state index contributed by atoms with van der Waals surface area (Å²) in [5.74, 6) is 2.44. The van der Waals surface area contributed by atoms with Gasteiger partial charge >= 0.3 is 6.09 Å². The maximum absolute atomic E-state index is 12.4. The maximum Gasteiger partial charge on any atom is 0.407 e. The smallest absolute Gasteiger partial charge is 0.407 e. The Balaban J connectivity index is 1.30. The van der Waals surface area contributed by atoms with Crippen LogP contribution in [0.1, 0.15) is 36.9 Å². The molecule has 2 aromatic rings. The zero-order valence-electron chi connectivity index (χ0n) is 21.9. The summed E-state index contributed by atoms with van der Waals surface area (Å²) in [5.41, 5.74) is 3.22. The molecule has 39 heavy (non-hydrogen) atoms. The fourth-order valence-corrected chi connectivity index (χ4v) is 6.92. The van der Waals surface area contributed by atoms with Gasteiger partial charge in [-0.15, -0.1) is 0 Å². The fourth-order valence-electron chi connectivity index (χ4n) is 6.09.